The molecule has 100 valence electrons. The topological polar surface area (TPSA) is 115 Å². The molecule has 7 heteroatoms. The van der Waals surface area contributed by atoms with E-state index >= 15 is 0 Å². The molecule has 0 aromatic carbocycles. The Morgan fingerprint density at radius 3 is 2.61 bits per heavy atom. The lowest BCUT2D eigenvalue weighted by Crippen LogP contribution is -2.36. The molecule has 0 spiro atoms. The van der Waals surface area contributed by atoms with Gasteiger partial charge in [-0.2, -0.15) is 0 Å². The Balaban J connectivity index is 2.72. The average Bonchev–Trinajstić information content (AvgIpc) is 2.24. The van der Waals surface area contributed by atoms with Crippen LogP contribution in [0.25, 0.3) is 0 Å². The highest BCUT2D eigenvalue weighted by Crippen LogP contribution is 2.17. The first-order valence-electron chi connectivity index (χ1n) is 5.57. The molecule has 1 rings (SSSR count). The molecule has 0 fully saturated rings. The van der Waals surface area contributed by atoms with Crippen molar-refractivity contribution in [3.63, 3.8) is 0 Å². The molecular weight excluding hydrogens is 238 g/mol. The molecule has 0 aliphatic carbocycles. The molecule has 7 nitrogen and oxygen atoms in total. The minimum atomic E-state index is -0.720. The van der Waals surface area contributed by atoms with Crippen LogP contribution in [0, 0.1) is 5.41 Å². The maximum absolute atomic E-state index is 11.7. The van der Waals surface area contributed by atoms with Crippen molar-refractivity contribution in [3.8, 4) is 0 Å². The van der Waals surface area contributed by atoms with Crippen LogP contribution >= 0.6 is 0 Å². The lowest BCUT2D eigenvalue weighted by Gasteiger charge is -2.23. The van der Waals surface area contributed by atoms with Crippen molar-refractivity contribution in [2.75, 3.05) is 13.2 Å². The van der Waals surface area contributed by atoms with Crippen molar-refractivity contribution in [2.45, 2.75) is 20.3 Å². The Morgan fingerprint density at radius 2 is 2.06 bits per heavy atom. The number of hydrogen-bond donors (Lipinski definition) is 4. The van der Waals surface area contributed by atoms with E-state index in [1.54, 1.807) is 0 Å². The lowest BCUT2D eigenvalue weighted by atomic mass is 9.90. The second-order valence-corrected chi connectivity index (χ2v) is 4.82. The summed E-state index contributed by atoms with van der Waals surface area (Å²) in [5, 5.41) is 11.5. The van der Waals surface area contributed by atoms with Gasteiger partial charge in [-0.25, -0.2) is 4.79 Å². The van der Waals surface area contributed by atoms with E-state index in [9.17, 15) is 14.4 Å². The van der Waals surface area contributed by atoms with Gasteiger partial charge in [0, 0.05) is 19.2 Å². The second-order valence-electron chi connectivity index (χ2n) is 4.82. The molecule has 1 aromatic heterocycles. The van der Waals surface area contributed by atoms with Crippen molar-refractivity contribution < 1.29 is 9.90 Å². The predicted octanol–water partition coefficient (Wildman–Crippen LogP) is -0.798. The fourth-order valence-corrected chi connectivity index (χ4v) is 1.40. The number of carbonyl (C=O) groups is 1. The van der Waals surface area contributed by atoms with Crippen LogP contribution in [-0.2, 0) is 0 Å². The molecule has 4 N–H and O–H groups in total. The lowest BCUT2D eigenvalue weighted by molar-refractivity contribution is 0.0922. The summed E-state index contributed by atoms with van der Waals surface area (Å²) < 4.78 is 0. The zero-order valence-electron chi connectivity index (χ0n) is 10.4. The van der Waals surface area contributed by atoms with Gasteiger partial charge in [-0.15, -0.1) is 0 Å². The zero-order chi connectivity index (χ0) is 13.8. The monoisotopic (exact) mass is 255 g/mol. The van der Waals surface area contributed by atoms with E-state index < -0.39 is 17.2 Å². The molecule has 0 radical (unpaired) electrons. The van der Waals surface area contributed by atoms with E-state index in [2.05, 4.69) is 10.3 Å². The molecule has 0 saturated carbocycles. The third kappa shape index (κ3) is 4.17. The van der Waals surface area contributed by atoms with E-state index in [-0.39, 0.29) is 17.7 Å². The first-order valence-corrected chi connectivity index (χ1v) is 5.57. The van der Waals surface area contributed by atoms with Crippen LogP contribution in [0.1, 0.15) is 30.8 Å². The molecule has 0 aliphatic rings. The highest BCUT2D eigenvalue weighted by atomic mass is 16.3. The Kier molecular flexibility index (Phi) is 4.43. The summed E-state index contributed by atoms with van der Waals surface area (Å²) in [6.45, 7) is 4.15. The first kappa shape index (κ1) is 14.2. The van der Waals surface area contributed by atoms with E-state index in [1.165, 1.54) is 0 Å². The van der Waals surface area contributed by atoms with Crippen LogP contribution in [0.2, 0.25) is 0 Å². The smallest absolute Gasteiger partial charge is 0.326 e. The van der Waals surface area contributed by atoms with Crippen LogP contribution < -0.4 is 16.6 Å². The van der Waals surface area contributed by atoms with Gasteiger partial charge in [0.1, 0.15) is 5.69 Å². The highest BCUT2D eigenvalue weighted by Gasteiger charge is 2.19. The van der Waals surface area contributed by atoms with E-state index in [0.717, 1.165) is 6.07 Å². The third-order valence-corrected chi connectivity index (χ3v) is 2.52. The number of aromatic nitrogens is 2. The fraction of sp³-hybridized carbons (Fsp3) is 0.545. The van der Waals surface area contributed by atoms with Crippen molar-refractivity contribution >= 4 is 5.91 Å². The van der Waals surface area contributed by atoms with Crippen molar-refractivity contribution in [1.82, 2.24) is 15.3 Å². The van der Waals surface area contributed by atoms with Gasteiger partial charge in [-0.1, -0.05) is 13.8 Å². The molecule has 0 aliphatic heterocycles. The predicted molar refractivity (Wildman–Crippen MR) is 65.5 cm³/mol. The number of hydrogen-bond acceptors (Lipinski definition) is 4. The Labute approximate surface area is 103 Å². The number of nitrogens with one attached hydrogen (secondary N) is 3. The minimum absolute atomic E-state index is 0.0324. The molecule has 1 amide bonds. The maximum Gasteiger partial charge on any atom is 0.326 e. The van der Waals surface area contributed by atoms with Crippen LogP contribution in [0.3, 0.4) is 0 Å². The van der Waals surface area contributed by atoms with Crippen molar-refractivity contribution in [3.05, 3.63) is 32.6 Å². The van der Waals surface area contributed by atoms with Gasteiger partial charge in [-0.3, -0.25) is 14.6 Å². The molecular formula is C11H17N3O4. The van der Waals surface area contributed by atoms with E-state index in [4.69, 9.17) is 5.11 Å². The van der Waals surface area contributed by atoms with Crippen LogP contribution in [0.5, 0.6) is 0 Å². The van der Waals surface area contributed by atoms with E-state index in [1.807, 2.05) is 18.8 Å². The number of rotatable bonds is 5. The van der Waals surface area contributed by atoms with Gasteiger partial charge in [-0.05, 0) is 11.8 Å². The summed E-state index contributed by atoms with van der Waals surface area (Å²) >= 11 is 0. The summed E-state index contributed by atoms with van der Waals surface area (Å²) in [5.41, 5.74) is -1.68. The van der Waals surface area contributed by atoms with Gasteiger partial charge < -0.3 is 15.4 Å². The second kappa shape index (κ2) is 5.63. The molecule has 0 atom stereocenters. The Bertz CT molecular complexity index is 501. The van der Waals surface area contributed by atoms with Gasteiger partial charge in [0.2, 0.25) is 0 Å². The van der Waals surface area contributed by atoms with Crippen LogP contribution in [-0.4, -0.2) is 34.1 Å². The maximum atomic E-state index is 11.7. The number of amides is 1. The summed E-state index contributed by atoms with van der Waals surface area (Å²) in [6.07, 6.45) is 0.541. The summed E-state index contributed by atoms with van der Waals surface area (Å²) in [5.74, 6) is -0.524. The molecule has 18 heavy (non-hydrogen) atoms. The highest BCUT2D eigenvalue weighted by molar-refractivity contribution is 5.92. The number of aliphatic hydroxyl groups is 1. The molecule has 1 heterocycles. The normalized spacial score (nSPS) is 11.3. The van der Waals surface area contributed by atoms with Crippen LogP contribution in [0.4, 0.5) is 0 Å². The number of H-pyrrole nitrogens is 2. The first-order chi connectivity index (χ1) is 8.34. The Morgan fingerprint density at radius 1 is 1.39 bits per heavy atom. The van der Waals surface area contributed by atoms with Crippen molar-refractivity contribution in [1.29, 1.82) is 0 Å². The van der Waals surface area contributed by atoms with Gasteiger partial charge in [0.05, 0.1) is 0 Å². The van der Waals surface area contributed by atoms with Crippen LogP contribution in [0.15, 0.2) is 15.7 Å². The summed E-state index contributed by atoms with van der Waals surface area (Å²) in [7, 11) is 0. The third-order valence-electron chi connectivity index (χ3n) is 2.52. The largest absolute Gasteiger partial charge is 0.396 e. The molecule has 0 saturated heterocycles. The minimum Gasteiger partial charge on any atom is -0.396 e. The Hall–Kier alpha value is -1.89. The van der Waals surface area contributed by atoms with Gasteiger partial charge in [0.15, 0.2) is 0 Å². The fourth-order valence-electron chi connectivity index (χ4n) is 1.40. The van der Waals surface area contributed by atoms with Crippen molar-refractivity contribution in [2.24, 2.45) is 5.41 Å². The molecule has 1 aromatic rings. The number of aliphatic hydroxyl groups excluding tert-OH is 1. The van der Waals surface area contributed by atoms with Gasteiger partial charge in [0.25, 0.3) is 11.5 Å². The standard InChI is InChI=1S/C11H17N3O4/c1-11(2,3-4-15)6-12-9(17)7-5-8(16)14-10(18)13-7/h5,15H,3-4,6H2,1-2H3,(H,12,17)(H2,13,14,16,18). The average molecular weight is 255 g/mol. The molecule has 0 bridgehead atoms. The SMILES string of the molecule is CC(C)(CCO)CNC(=O)c1cc(=O)[nH]c(=O)[nH]1. The zero-order valence-corrected chi connectivity index (χ0v) is 10.4. The van der Waals surface area contributed by atoms with E-state index in [0.29, 0.717) is 13.0 Å². The summed E-state index contributed by atoms with van der Waals surface area (Å²) in [4.78, 5) is 38.0. The number of aromatic amines is 2. The van der Waals surface area contributed by atoms with Gasteiger partial charge >= 0.3 is 5.69 Å². The number of carbonyl (C=O) groups excluding carboxylic acids is 1. The molecule has 0 unspecified atom stereocenters. The summed E-state index contributed by atoms with van der Waals surface area (Å²) in [6, 6.07) is 1.02. The quantitative estimate of drug-likeness (QED) is 0.551.